The third-order valence-corrected chi connectivity index (χ3v) is 5.45. The van der Waals surface area contributed by atoms with Gasteiger partial charge < -0.3 is 10.0 Å². The molecule has 2 aliphatic rings. The number of rotatable bonds is 4. The van der Waals surface area contributed by atoms with E-state index in [0.717, 1.165) is 31.0 Å². The van der Waals surface area contributed by atoms with Crippen molar-refractivity contribution in [1.82, 2.24) is 24.7 Å². The van der Waals surface area contributed by atoms with Crippen molar-refractivity contribution in [3.05, 3.63) is 47.8 Å². The van der Waals surface area contributed by atoms with Gasteiger partial charge in [0.15, 0.2) is 5.82 Å². The van der Waals surface area contributed by atoms with E-state index in [4.69, 9.17) is 14.9 Å². The standard InChI is InChI=1S/C20H27N5.CH2O2/c1-16(13-24-10-8-23(2)9-11-24)25-14-18-12-21-20(22-19(18)15-25)17-6-4-3-5-7-17;2-1-3/h3-7,12,16H,8-11,13-15H2,1-2H3;1H,(H,2,3). The maximum absolute atomic E-state index is 8.36. The van der Waals surface area contributed by atoms with Crippen LogP contribution in [0.2, 0.25) is 0 Å². The number of carboxylic acid groups (broad SMARTS) is 1. The summed E-state index contributed by atoms with van der Waals surface area (Å²) in [5, 5.41) is 6.89. The van der Waals surface area contributed by atoms with E-state index in [0.29, 0.717) is 6.04 Å². The lowest BCUT2D eigenvalue weighted by molar-refractivity contribution is -0.122. The number of piperazine rings is 1. The van der Waals surface area contributed by atoms with Crippen LogP contribution in [0.25, 0.3) is 11.4 Å². The molecule has 4 rings (SSSR count). The minimum absolute atomic E-state index is 0.250. The lowest BCUT2D eigenvalue weighted by Crippen LogP contribution is -2.49. The molecular weight excluding hydrogens is 354 g/mol. The highest BCUT2D eigenvalue weighted by atomic mass is 16.3. The molecule has 1 fully saturated rings. The SMILES string of the molecule is CC(CN1CCN(C)CC1)N1Cc2cnc(-c3ccccc3)nc2C1.O=CO. The Morgan fingerprint density at radius 3 is 2.50 bits per heavy atom. The molecule has 1 aromatic heterocycles. The van der Waals surface area contributed by atoms with E-state index in [1.807, 2.05) is 24.4 Å². The van der Waals surface area contributed by atoms with Crippen LogP contribution in [0.4, 0.5) is 0 Å². The smallest absolute Gasteiger partial charge is 0.290 e. The zero-order valence-corrected chi connectivity index (χ0v) is 16.7. The van der Waals surface area contributed by atoms with Crippen LogP contribution < -0.4 is 0 Å². The molecule has 1 saturated heterocycles. The fourth-order valence-electron chi connectivity index (χ4n) is 3.74. The molecule has 2 aromatic rings. The first-order valence-electron chi connectivity index (χ1n) is 9.73. The summed E-state index contributed by atoms with van der Waals surface area (Å²) in [4.78, 5) is 25.3. The Morgan fingerprint density at radius 1 is 1.14 bits per heavy atom. The van der Waals surface area contributed by atoms with Gasteiger partial charge in [0.1, 0.15) is 0 Å². The van der Waals surface area contributed by atoms with Gasteiger partial charge in [-0.3, -0.25) is 14.6 Å². The Balaban J connectivity index is 0.000000706. The molecule has 0 saturated carbocycles. The van der Waals surface area contributed by atoms with Gasteiger partial charge in [0.25, 0.3) is 6.47 Å². The normalized spacial score (nSPS) is 18.8. The third kappa shape index (κ3) is 5.13. The zero-order chi connectivity index (χ0) is 19.9. The van der Waals surface area contributed by atoms with E-state index in [1.54, 1.807) is 0 Å². The molecule has 28 heavy (non-hydrogen) atoms. The van der Waals surface area contributed by atoms with Gasteiger partial charge in [-0.05, 0) is 14.0 Å². The van der Waals surface area contributed by atoms with Gasteiger partial charge in [0.05, 0.1) is 5.69 Å². The summed E-state index contributed by atoms with van der Waals surface area (Å²) in [5.74, 6) is 0.841. The summed E-state index contributed by atoms with van der Waals surface area (Å²) >= 11 is 0. The molecule has 0 amide bonds. The molecule has 7 nitrogen and oxygen atoms in total. The van der Waals surface area contributed by atoms with Crippen LogP contribution in [-0.2, 0) is 17.9 Å². The monoisotopic (exact) mass is 383 g/mol. The Labute approximate surface area is 166 Å². The molecule has 150 valence electrons. The van der Waals surface area contributed by atoms with E-state index in [9.17, 15) is 0 Å². The summed E-state index contributed by atoms with van der Waals surface area (Å²) in [6, 6.07) is 10.8. The maximum atomic E-state index is 8.36. The molecule has 1 atom stereocenters. The van der Waals surface area contributed by atoms with Gasteiger partial charge in [0.2, 0.25) is 0 Å². The predicted molar refractivity (Wildman–Crippen MR) is 109 cm³/mol. The van der Waals surface area contributed by atoms with Crippen molar-refractivity contribution in [1.29, 1.82) is 0 Å². The molecule has 0 bridgehead atoms. The highest BCUT2D eigenvalue weighted by molar-refractivity contribution is 5.54. The minimum Gasteiger partial charge on any atom is -0.483 e. The van der Waals surface area contributed by atoms with Gasteiger partial charge in [-0.2, -0.15) is 0 Å². The number of fused-ring (bicyclic) bond motifs is 1. The van der Waals surface area contributed by atoms with Crippen molar-refractivity contribution in [2.24, 2.45) is 0 Å². The average molecular weight is 383 g/mol. The molecule has 0 spiro atoms. The van der Waals surface area contributed by atoms with Crippen molar-refractivity contribution in [2.45, 2.75) is 26.1 Å². The predicted octanol–water partition coefficient (Wildman–Crippen LogP) is 1.80. The second-order valence-electron chi connectivity index (χ2n) is 7.49. The van der Waals surface area contributed by atoms with Crippen molar-refractivity contribution in [3.63, 3.8) is 0 Å². The molecule has 1 N–H and O–H groups in total. The second kappa shape index (κ2) is 9.73. The van der Waals surface area contributed by atoms with Crippen LogP contribution in [0, 0.1) is 0 Å². The van der Waals surface area contributed by atoms with Crippen LogP contribution >= 0.6 is 0 Å². The minimum atomic E-state index is -0.250. The highest BCUT2D eigenvalue weighted by Gasteiger charge is 2.27. The Kier molecular flexibility index (Phi) is 7.08. The molecule has 1 aromatic carbocycles. The number of hydrogen-bond donors (Lipinski definition) is 1. The van der Waals surface area contributed by atoms with Crippen molar-refractivity contribution >= 4 is 6.47 Å². The van der Waals surface area contributed by atoms with E-state index in [-0.39, 0.29) is 6.47 Å². The lowest BCUT2D eigenvalue weighted by Gasteiger charge is -2.36. The van der Waals surface area contributed by atoms with Gasteiger partial charge in [-0.15, -0.1) is 0 Å². The van der Waals surface area contributed by atoms with Crippen LogP contribution in [0.15, 0.2) is 36.5 Å². The van der Waals surface area contributed by atoms with Crippen molar-refractivity contribution in [2.75, 3.05) is 39.8 Å². The summed E-state index contributed by atoms with van der Waals surface area (Å²) < 4.78 is 0. The molecule has 1 unspecified atom stereocenters. The quantitative estimate of drug-likeness (QED) is 0.807. The fraction of sp³-hybridized carbons (Fsp3) is 0.476. The first-order valence-corrected chi connectivity index (χ1v) is 9.73. The largest absolute Gasteiger partial charge is 0.483 e. The number of aromatic nitrogens is 2. The fourth-order valence-corrected chi connectivity index (χ4v) is 3.74. The van der Waals surface area contributed by atoms with Crippen LogP contribution in [-0.4, -0.2) is 82.1 Å². The molecular formula is C21H29N5O2. The van der Waals surface area contributed by atoms with E-state index in [2.05, 4.69) is 45.8 Å². The Morgan fingerprint density at radius 2 is 1.82 bits per heavy atom. The maximum Gasteiger partial charge on any atom is 0.290 e. The Hall–Kier alpha value is -2.35. The second-order valence-corrected chi connectivity index (χ2v) is 7.49. The number of benzene rings is 1. The molecule has 3 heterocycles. The number of hydrogen-bond acceptors (Lipinski definition) is 6. The lowest BCUT2D eigenvalue weighted by atomic mass is 10.2. The summed E-state index contributed by atoms with van der Waals surface area (Å²) in [5.41, 5.74) is 3.57. The zero-order valence-electron chi connectivity index (χ0n) is 16.7. The third-order valence-electron chi connectivity index (χ3n) is 5.45. The number of nitrogens with zero attached hydrogens (tertiary/aromatic N) is 5. The Bertz CT molecular complexity index is 763. The number of carbonyl (C=O) groups is 1. The van der Waals surface area contributed by atoms with Crippen LogP contribution in [0.5, 0.6) is 0 Å². The van der Waals surface area contributed by atoms with Crippen LogP contribution in [0.3, 0.4) is 0 Å². The first-order chi connectivity index (χ1) is 13.6. The first kappa shape index (κ1) is 20.4. The molecule has 0 radical (unpaired) electrons. The summed E-state index contributed by atoms with van der Waals surface area (Å²) in [6.45, 7) is 9.86. The average Bonchev–Trinajstić information content (AvgIpc) is 3.14. The van der Waals surface area contributed by atoms with Gasteiger partial charge in [-0.1, -0.05) is 30.3 Å². The molecule has 7 heteroatoms. The van der Waals surface area contributed by atoms with Crippen molar-refractivity contribution in [3.8, 4) is 11.4 Å². The number of likely N-dealkylation sites (N-methyl/N-ethyl adjacent to an activating group) is 1. The van der Waals surface area contributed by atoms with E-state index >= 15 is 0 Å². The van der Waals surface area contributed by atoms with E-state index < -0.39 is 0 Å². The van der Waals surface area contributed by atoms with Gasteiger partial charge in [-0.25, -0.2) is 9.97 Å². The van der Waals surface area contributed by atoms with Crippen LogP contribution in [0.1, 0.15) is 18.2 Å². The summed E-state index contributed by atoms with van der Waals surface area (Å²) in [6.07, 6.45) is 2.02. The highest BCUT2D eigenvalue weighted by Crippen LogP contribution is 2.25. The van der Waals surface area contributed by atoms with E-state index in [1.165, 1.54) is 37.4 Å². The molecule has 2 aliphatic heterocycles. The molecule has 0 aliphatic carbocycles. The summed E-state index contributed by atoms with van der Waals surface area (Å²) in [7, 11) is 2.21. The van der Waals surface area contributed by atoms with Crippen molar-refractivity contribution < 1.29 is 9.90 Å². The van der Waals surface area contributed by atoms with Gasteiger partial charge in [0, 0.05) is 69.2 Å². The topological polar surface area (TPSA) is 72.8 Å². The van der Waals surface area contributed by atoms with Gasteiger partial charge >= 0.3 is 0 Å².